The van der Waals surface area contributed by atoms with Gasteiger partial charge in [-0.2, -0.15) is 0 Å². The molecule has 1 aromatic rings. The monoisotopic (exact) mass is 492 g/mol. The zero-order valence-corrected chi connectivity index (χ0v) is 19.1. The number of guanidine groups is 1. The Morgan fingerprint density at radius 2 is 2.04 bits per heavy atom. The second kappa shape index (κ2) is 13.0. The highest BCUT2D eigenvalue weighted by Crippen LogP contribution is 2.30. The van der Waals surface area contributed by atoms with Crippen LogP contribution in [0.4, 0.5) is 5.69 Å². The lowest BCUT2D eigenvalue weighted by atomic mass is 10.1. The van der Waals surface area contributed by atoms with E-state index < -0.39 is 0 Å². The molecule has 2 N–H and O–H groups in total. The van der Waals surface area contributed by atoms with Gasteiger partial charge < -0.3 is 24.8 Å². The van der Waals surface area contributed by atoms with E-state index >= 15 is 0 Å². The highest BCUT2D eigenvalue weighted by atomic mass is 127. The summed E-state index contributed by atoms with van der Waals surface area (Å²) in [5.74, 6) is 2.70. The van der Waals surface area contributed by atoms with E-state index in [1.54, 1.807) is 14.2 Å². The van der Waals surface area contributed by atoms with Crippen molar-refractivity contribution in [2.75, 3.05) is 65.5 Å². The number of hydrogen-bond donors (Lipinski definition) is 2. The summed E-state index contributed by atoms with van der Waals surface area (Å²) in [6, 6.07) is 5.77. The van der Waals surface area contributed by atoms with Crippen molar-refractivity contribution in [1.29, 1.82) is 0 Å². The number of benzene rings is 1. The van der Waals surface area contributed by atoms with E-state index in [-0.39, 0.29) is 24.0 Å². The maximum absolute atomic E-state index is 5.55. The number of aliphatic imine (C=N–C) groups is 1. The highest BCUT2D eigenvalue weighted by Gasteiger charge is 2.14. The molecule has 1 atom stereocenters. The Kier molecular flexibility index (Phi) is 11.5. The van der Waals surface area contributed by atoms with Crippen LogP contribution in [0.25, 0.3) is 0 Å². The smallest absolute Gasteiger partial charge is 0.195 e. The normalized spacial score (nSPS) is 16.2. The molecule has 0 aliphatic carbocycles. The Morgan fingerprint density at radius 1 is 1.30 bits per heavy atom. The van der Waals surface area contributed by atoms with Gasteiger partial charge in [-0.05, 0) is 25.0 Å². The van der Waals surface area contributed by atoms with E-state index in [0.29, 0.717) is 18.3 Å². The summed E-state index contributed by atoms with van der Waals surface area (Å²) >= 11 is 0. The molecular weight excluding hydrogens is 459 g/mol. The number of rotatable bonds is 8. The van der Waals surface area contributed by atoms with Crippen molar-refractivity contribution < 1.29 is 14.2 Å². The van der Waals surface area contributed by atoms with Crippen LogP contribution in [0, 0.1) is 5.92 Å². The van der Waals surface area contributed by atoms with Crippen molar-refractivity contribution in [1.82, 2.24) is 10.2 Å². The Labute approximate surface area is 179 Å². The molecule has 154 valence electrons. The average Bonchev–Trinajstić information content (AvgIpc) is 2.67. The number of nitrogens with zero attached hydrogens (tertiary/aromatic N) is 2. The molecule has 1 saturated heterocycles. The predicted octanol–water partition coefficient (Wildman–Crippen LogP) is 2.67. The third kappa shape index (κ3) is 8.10. The van der Waals surface area contributed by atoms with Crippen LogP contribution in [0.2, 0.25) is 0 Å². The van der Waals surface area contributed by atoms with Gasteiger partial charge in [0.25, 0.3) is 0 Å². The maximum Gasteiger partial charge on any atom is 0.195 e. The molecule has 1 aliphatic rings. The fraction of sp³-hybridized carbons (Fsp3) is 0.632. The third-order valence-electron chi connectivity index (χ3n) is 4.24. The molecule has 27 heavy (non-hydrogen) atoms. The molecule has 1 fully saturated rings. The van der Waals surface area contributed by atoms with Crippen molar-refractivity contribution in [3.63, 3.8) is 0 Å². The van der Waals surface area contributed by atoms with E-state index in [4.69, 9.17) is 14.2 Å². The first-order chi connectivity index (χ1) is 12.7. The first-order valence-corrected chi connectivity index (χ1v) is 9.24. The lowest BCUT2D eigenvalue weighted by Crippen LogP contribution is -2.42. The number of methoxy groups -OCH3 is 1. The maximum atomic E-state index is 5.55. The van der Waals surface area contributed by atoms with Gasteiger partial charge in [-0.1, -0.05) is 6.92 Å². The van der Waals surface area contributed by atoms with Crippen LogP contribution >= 0.6 is 24.0 Å². The number of hydrogen-bond acceptors (Lipinski definition) is 5. The molecule has 0 spiro atoms. The van der Waals surface area contributed by atoms with Crippen LogP contribution in [0.5, 0.6) is 11.5 Å². The summed E-state index contributed by atoms with van der Waals surface area (Å²) in [5.41, 5.74) is 0.902. The molecule has 2 rings (SSSR count). The van der Waals surface area contributed by atoms with Gasteiger partial charge in [0.2, 0.25) is 0 Å². The highest BCUT2D eigenvalue weighted by molar-refractivity contribution is 14.0. The predicted molar refractivity (Wildman–Crippen MR) is 121 cm³/mol. The van der Waals surface area contributed by atoms with E-state index in [1.165, 1.54) is 0 Å². The second-order valence-corrected chi connectivity index (χ2v) is 6.39. The van der Waals surface area contributed by atoms with Crippen LogP contribution in [0.1, 0.15) is 13.8 Å². The fourth-order valence-corrected chi connectivity index (χ4v) is 2.90. The topological polar surface area (TPSA) is 67.4 Å². The zero-order valence-electron chi connectivity index (χ0n) is 16.8. The van der Waals surface area contributed by atoms with Crippen LogP contribution in [-0.4, -0.2) is 71.0 Å². The molecule has 0 amide bonds. The Hall–Kier alpha value is -1.26. The number of halogens is 1. The minimum absolute atomic E-state index is 0. The van der Waals surface area contributed by atoms with Crippen molar-refractivity contribution in [3.05, 3.63) is 18.2 Å². The van der Waals surface area contributed by atoms with Crippen LogP contribution in [-0.2, 0) is 4.74 Å². The van der Waals surface area contributed by atoms with Crippen LogP contribution < -0.4 is 20.1 Å². The lowest BCUT2D eigenvalue weighted by molar-refractivity contribution is 0.0320. The van der Waals surface area contributed by atoms with Gasteiger partial charge in [0, 0.05) is 45.0 Å². The lowest BCUT2D eigenvalue weighted by Gasteiger charge is -2.29. The standard InChI is InChI=1S/C19H32N4O3.HI/c1-5-26-17-7-6-16(12-18(17)24-4)22-19(20-3)21-13-15(2)14-23-8-10-25-11-9-23;/h6-7,12,15H,5,8-11,13-14H2,1-4H3,(H2,20,21,22);1H. The van der Waals surface area contributed by atoms with E-state index in [9.17, 15) is 0 Å². The molecule has 1 aliphatic heterocycles. The number of anilines is 1. The van der Waals surface area contributed by atoms with Crippen molar-refractivity contribution in [2.24, 2.45) is 10.9 Å². The molecule has 1 aromatic carbocycles. The van der Waals surface area contributed by atoms with Crippen LogP contribution in [0.15, 0.2) is 23.2 Å². The van der Waals surface area contributed by atoms with Crippen molar-refractivity contribution >= 4 is 35.6 Å². The quantitative estimate of drug-likeness (QED) is 0.331. The summed E-state index contributed by atoms with van der Waals surface area (Å²) in [6.45, 7) is 10.4. The second-order valence-electron chi connectivity index (χ2n) is 6.39. The number of ether oxygens (including phenoxy) is 3. The first-order valence-electron chi connectivity index (χ1n) is 9.24. The third-order valence-corrected chi connectivity index (χ3v) is 4.24. The van der Waals surface area contributed by atoms with Gasteiger partial charge in [-0.15, -0.1) is 24.0 Å². The van der Waals surface area contributed by atoms with Crippen molar-refractivity contribution in [3.8, 4) is 11.5 Å². The van der Waals surface area contributed by atoms with E-state index in [0.717, 1.165) is 56.8 Å². The molecule has 0 aromatic heterocycles. The molecule has 8 heteroatoms. The minimum atomic E-state index is 0. The summed E-state index contributed by atoms with van der Waals surface area (Å²) in [4.78, 5) is 6.75. The molecule has 0 bridgehead atoms. The molecule has 1 heterocycles. The summed E-state index contributed by atoms with van der Waals surface area (Å²) in [5, 5.41) is 6.69. The molecule has 0 radical (unpaired) electrons. The van der Waals surface area contributed by atoms with Gasteiger partial charge in [0.15, 0.2) is 17.5 Å². The van der Waals surface area contributed by atoms with Gasteiger partial charge in [0.05, 0.1) is 26.9 Å². The van der Waals surface area contributed by atoms with Gasteiger partial charge in [-0.25, -0.2) is 0 Å². The SMILES string of the molecule is CCOc1ccc(NC(=NC)NCC(C)CN2CCOCC2)cc1OC.I. The zero-order chi connectivity index (χ0) is 18.8. The Bertz CT molecular complexity index is 580. The molecular formula is C19H33IN4O3. The van der Waals surface area contributed by atoms with E-state index in [1.807, 2.05) is 25.1 Å². The molecule has 0 saturated carbocycles. The Morgan fingerprint density at radius 3 is 2.67 bits per heavy atom. The summed E-state index contributed by atoms with van der Waals surface area (Å²) in [7, 11) is 3.41. The summed E-state index contributed by atoms with van der Waals surface area (Å²) in [6.07, 6.45) is 0. The van der Waals surface area contributed by atoms with Crippen LogP contribution in [0.3, 0.4) is 0 Å². The minimum Gasteiger partial charge on any atom is -0.493 e. The van der Waals surface area contributed by atoms with Gasteiger partial charge in [0.1, 0.15) is 0 Å². The first kappa shape index (κ1) is 23.8. The van der Waals surface area contributed by atoms with Gasteiger partial charge in [-0.3, -0.25) is 9.89 Å². The molecule has 7 nitrogen and oxygen atoms in total. The largest absolute Gasteiger partial charge is 0.493 e. The number of morpholine rings is 1. The Balaban J connectivity index is 0.00000364. The van der Waals surface area contributed by atoms with Crippen molar-refractivity contribution in [2.45, 2.75) is 13.8 Å². The van der Waals surface area contributed by atoms with E-state index in [2.05, 4.69) is 27.4 Å². The number of nitrogens with one attached hydrogen (secondary N) is 2. The summed E-state index contributed by atoms with van der Waals surface area (Å²) < 4.78 is 16.3. The fourth-order valence-electron chi connectivity index (χ4n) is 2.90. The molecule has 1 unspecified atom stereocenters. The van der Waals surface area contributed by atoms with Gasteiger partial charge >= 0.3 is 0 Å². The average molecular weight is 492 g/mol.